The Morgan fingerprint density at radius 1 is 1.00 bits per heavy atom. The molecule has 0 bridgehead atoms. The fraction of sp³-hybridized carbons (Fsp3) is 0.200. The van der Waals surface area contributed by atoms with Gasteiger partial charge in [0.2, 0.25) is 5.91 Å². The molecule has 0 aliphatic carbocycles. The standard InChI is InChI=1S/C25H23F2N3O/c1-16-3-9-21(13-17(16)2)30(12-11-18-6-10-22(26)23(27)14-18)25(31)24(29)20-7-4-19(15-28)5-8-20/h3-10,13-14,24H,11-12,29H2,1-2H3. The maximum Gasteiger partial charge on any atom is 0.248 e. The molecular weight excluding hydrogens is 396 g/mol. The molecule has 0 spiro atoms. The van der Waals surface area contributed by atoms with E-state index in [1.807, 2.05) is 38.1 Å². The minimum atomic E-state index is -0.931. The Morgan fingerprint density at radius 2 is 1.71 bits per heavy atom. The number of nitriles is 1. The van der Waals surface area contributed by atoms with E-state index in [1.165, 1.54) is 6.07 Å². The van der Waals surface area contributed by atoms with Crippen molar-refractivity contribution in [2.45, 2.75) is 26.3 Å². The predicted molar refractivity (Wildman–Crippen MR) is 116 cm³/mol. The number of benzene rings is 3. The lowest BCUT2D eigenvalue weighted by atomic mass is 10.0. The van der Waals surface area contributed by atoms with Crippen molar-refractivity contribution in [1.29, 1.82) is 5.26 Å². The number of amides is 1. The molecule has 31 heavy (non-hydrogen) atoms. The number of aryl methyl sites for hydroxylation is 2. The first-order valence-corrected chi connectivity index (χ1v) is 9.88. The summed E-state index contributed by atoms with van der Waals surface area (Å²) in [5.74, 6) is -2.15. The van der Waals surface area contributed by atoms with Gasteiger partial charge in [0.15, 0.2) is 11.6 Å². The number of nitrogens with two attached hydrogens (primary N) is 1. The molecule has 0 saturated heterocycles. The first kappa shape index (κ1) is 22.1. The van der Waals surface area contributed by atoms with E-state index in [0.29, 0.717) is 28.8 Å². The van der Waals surface area contributed by atoms with Crippen molar-refractivity contribution in [3.05, 3.63) is 100 Å². The highest BCUT2D eigenvalue weighted by atomic mass is 19.2. The van der Waals surface area contributed by atoms with Crippen molar-refractivity contribution in [2.24, 2.45) is 5.73 Å². The lowest BCUT2D eigenvalue weighted by Crippen LogP contribution is -2.40. The van der Waals surface area contributed by atoms with Gasteiger partial charge in [-0.1, -0.05) is 24.3 Å². The number of carbonyl (C=O) groups is 1. The van der Waals surface area contributed by atoms with Crippen molar-refractivity contribution in [1.82, 2.24) is 0 Å². The van der Waals surface area contributed by atoms with Crippen LogP contribution in [0, 0.1) is 36.8 Å². The van der Waals surface area contributed by atoms with E-state index in [1.54, 1.807) is 29.2 Å². The summed E-state index contributed by atoms with van der Waals surface area (Å²) in [6.07, 6.45) is 0.329. The number of hydrogen-bond donors (Lipinski definition) is 1. The Balaban J connectivity index is 1.89. The van der Waals surface area contributed by atoms with Gasteiger partial charge in [-0.25, -0.2) is 8.78 Å². The molecule has 3 aromatic carbocycles. The molecule has 4 nitrogen and oxygen atoms in total. The molecule has 158 valence electrons. The summed E-state index contributed by atoms with van der Waals surface area (Å²) in [6.45, 7) is 4.18. The van der Waals surface area contributed by atoms with Crippen LogP contribution in [-0.4, -0.2) is 12.5 Å². The average molecular weight is 419 g/mol. The van der Waals surface area contributed by atoms with Crippen LogP contribution in [0.4, 0.5) is 14.5 Å². The van der Waals surface area contributed by atoms with Crippen LogP contribution >= 0.6 is 0 Å². The molecule has 0 aliphatic heterocycles. The number of anilines is 1. The fourth-order valence-electron chi connectivity index (χ4n) is 3.27. The van der Waals surface area contributed by atoms with Crippen LogP contribution in [0.2, 0.25) is 0 Å². The Kier molecular flexibility index (Phi) is 6.78. The van der Waals surface area contributed by atoms with Crippen molar-refractivity contribution in [3.63, 3.8) is 0 Å². The number of hydrogen-bond acceptors (Lipinski definition) is 3. The highest BCUT2D eigenvalue weighted by Crippen LogP contribution is 2.24. The molecule has 0 saturated carbocycles. The van der Waals surface area contributed by atoms with E-state index in [0.717, 1.165) is 23.3 Å². The van der Waals surface area contributed by atoms with Gasteiger partial charge in [-0.3, -0.25) is 4.79 Å². The van der Waals surface area contributed by atoms with Gasteiger partial charge in [0.05, 0.1) is 11.6 Å². The molecule has 0 heterocycles. The zero-order chi connectivity index (χ0) is 22.5. The molecule has 0 aliphatic rings. The van der Waals surface area contributed by atoms with Crippen LogP contribution in [0.15, 0.2) is 60.7 Å². The average Bonchev–Trinajstić information content (AvgIpc) is 2.78. The SMILES string of the molecule is Cc1ccc(N(CCc2ccc(F)c(F)c2)C(=O)C(N)c2ccc(C#N)cc2)cc1C. The Labute approximate surface area is 180 Å². The molecule has 0 radical (unpaired) electrons. The summed E-state index contributed by atoms with van der Waals surface area (Å²) in [4.78, 5) is 14.9. The summed E-state index contributed by atoms with van der Waals surface area (Å²) in [5.41, 5.74) is 10.7. The summed E-state index contributed by atoms with van der Waals surface area (Å²) >= 11 is 0. The van der Waals surface area contributed by atoms with E-state index < -0.39 is 17.7 Å². The number of nitrogens with zero attached hydrogens (tertiary/aromatic N) is 2. The van der Waals surface area contributed by atoms with Gasteiger partial charge in [-0.15, -0.1) is 0 Å². The van der Waals surface area contributed by atoms with Crippen LogP contribution in [0.25, 0.3) is 0 Å². The smallest absolute Gasteiger partial charge is 0.248 e. The third-order valence-electron chi connectivity index (χ3n) is 5.34. The maximum atomic E-state index is 13.6. The van der Waals surface area contributed by atoms with E-state index >= 15 is 0 Å². The van der Waals surface area contributed by atoms with Crippen molar-refractivity contribution >= 4 is 11.6 Å². The molecule has 6 heteroatoms. The van der Waals surface area contributed by atoms with Gasteiger partial charge < -0.3 is 10.6 Å². The second-order valence-corrected chi connectivity index (χ2v) is 7.47. The summed E-state index contributed by atoms with van der Waals surface area (Å²) in [6, 6.07) is 17.1. The second-order valence-electron chi connectivity index (χ2n) is 7.47. The van der Waals surface area contributed by atoms with E-state index in [2.05, 4.69) is 0 Å². The third kappa shape index (κ3) is 5.14. The largest absolute Gasteiger partial charge is 0.316 e. The minimum Gasteiger partial charge on any atom is -0.316 e. The summed E-state index contributed by atoms with van der Waals surface area (Å²) in [7, 11) is 0. The van der Waals surface area contributed by atoms with Gasteiger partial charge in [-0.2, -0.15) is 5.26 Å². The molecule has 1 amide bonds. The van der Waals surface area contributed by atoms with E-state index in [9.17, 15) is 13.6 Å². The molecular formula is C25H23F2N3O. The molecule has 0 aromatic heterocycles. The number of rotatable bonds is 6. The maximum absolute atomic E-state index is 13.6. The molecule has 0 fully saturated rings. The zero-order valence-electron chi connectivity index (χ0n) is 17.4. The third-order valence-corrected chi connectivity index (χ3v) is 5.34. The van der Waals surface area contributed by atoms with E-state index in [4.69, 9.17) is 11.0 Å². The monoisotopic (exact) mass is 419 g/mol. The van der Waals surface area contributed by atoms with Crippen molar-refractivity contribution < 1.29 is 13.6 Å². The molecule has 1 atom stereocenters. The minimum absolute atomic E-state index is 0.246. The first-order valence-electron chi connectivity index (χ1n) is 9.88. The van der Waals surface area contributed by atoms with Crippen molar-refractivity contribution in [3.8, 4) is 6.07 Å². The Morgan fingerprint density at radius 3 is 2.32 bits per heavy atom. The lowest BCUT2D eigenvalue weighted by molar-refractivity contribution is -0.120. The fourth-order valence-corrected chi connectivity index (χ4v) is 3.27. The predicted octanol–water partition coefficient (Wildman–Crippen LogP) is 4.73. The normalized spacial score (nSPS) is 11.6. The second kappa shape index (κ2) is 9.50. The quantitative estimate of drug-likeness (QED) is 0.628. The van der Waals surface area contributed by atoms with Gasteiger partial charge in [0.25, 0.3) is 0 Å². The van der Waals surface area contributed by atoms with Crippen LogP contribution < -0.4 is 10.6 Å². The highest BCUT2D eigenvalue weighted by molar-refractivity contribution is 5.97. The Bertz CT molecular complexity index is 1140. The summed E-state index contributed by atoms with van der Waals surface area (Å²) in [5, 5.41) is 8.97. The number of carbonyl (C=O) groups excluding carboxylic acids is 1. The van der Waals surface area contributed by atoms with Crippen LogP contribution in [0.1, 0.15) is 33.9 Å². The molecule has 3 rings (SSSR count). The van der Waals surface area contributed by atoms with Gasteiger partial charge >= 0.3 is 0 Å². The zero-order valence-corrected chi connectivity index (χ0v) is 17.4. The van der Waals surface area contributed by atoms with Crippen LogP contribution in [0.5, 0.6) is 0 Å². The van der Waals surface area contributed by atoms with Gasteiger partial charge in [-0.05, 0) is 78.9 Å². The molecule has 1 unspecified atom stereocenters. The van der Waals surface area contributed by atoms with Gasteiger partial charge in [0.1, 0.15) is 6.04 Å². The van der Waals surface area contributed by atoms with Crippen LogP contribution in [-0.2, 0) is 11.2 Å². The number of halogens is 2. The topological polar surface area (TPSA) is 70.1 Å². The first-order chi connectivity index (χ1) is 14.8. The lowest BCUT2D eigenvalue weighted by Gasteiger charge is -2.27. The van der Waals surface area contributed by atoms with Crippen molar-refractivity contribution in [2.75, 3.05) is 11.4 Å². The Hall–Kier alpha value is -3.56. The molecule has 2 N–H and O–H groups in total. The molecule has 3 aromatic rings. The van der Waals surface area contributed by atoms with Crippen LogP contribution in [0.3, 0.4) is 0 Å². The van der Waals surface area contributed by atoms with E-state index in [-0.39, 0.29) is 12.5 Å². The highest BCUT2D eigenvalue weighted by Gasteiger charge is 2.24. The van der Waals surface area contributed by atoms with Gasteiger partial charge in [0, 0.05) is 12.2 Å². The summed E-state index contributed by atoms with van der Waals surface area (Å²) < 4.78 is 26.8.